The molecular weight excluding hydrogens is 355 g/mol. The second-order valence-corrected chi connectivity index (χ2v) is 6.40. The maximum Gasteiger partial charge on any atom is 0.225 e. The number of rotatable bonds is 4. The number of halogens is 1. The molecule has 0 radical (unpaired) electrons. The minimum Gasteiger partial charge on any atom is -0.357 e. The molecule has 28 heavy (non-hydrogen) atoms. The summed E-state index contributed by atoms with van der Waals surface area (Å²) in [5.74, 6) is 0.189. The molecule has 2 aromatic heterocycles. The molecule has 0 bridgehead atoms. The van der Waals surface area contributed by atoms with E-state index in [1.165, 1.54) is 12.1 Å². The lowest BCUT2D eigenvalue weighted by Crippen LogP contribution is -2.05. The van der Waals surface area contributed by atoms with E-state index < -0.39 is 0 Å². The zero-order chi connectivity index (χ0) is 19.7. The Morgan fingerprint density at radius 2 is 1.93 bits per heavy atom. The molecule has 7 heteroatoms. The van der Waals surface area contributed by atoms with E-state index in [9.17, 15) is 9.65 Å². The number of nitrogens with zero attached hydrogens (tertiary/aromatic N) is 5. The first-order valence-electron chi connectivity index (χ1n) is 8.76. The number of nitriles is 1. The van der Waals surface area contributed by atoms with Gasteiger partial charge in [-0.15, -0.1) is 0 Å². The molecule has 0 aliphatic rings. The summed E-state index contributed by atoms with van der Waals surface area (Å²) in [6.07, 6.45) is 1.73. The third kappa shape index (κ3) is 3.05. The van der Waals surface area contributed by atoms with Crippen LogP contribution in [-0.4, -0.2) is 26.8 Å². The van der Waals surface area contributed by atoms with Gasteiger partial charge in [0.05, 0.1) is 35.5 Å². The fourth-order valence-corrected chi connectivity index (χ4v) is 3.16. The summed E-state index contributed by atoms with van der Waals surface area (Å²) in [6, 6.07) is 14.1. The van der Waals surface area contributed by atoms with Crippen LogP contribution in [0.25, 0.3) is 22.3 Å². The van der Waals surface area contributed by atoms with E-state index in [0.29, 0.717) is 29.4 Å². The fraction of sp³-hybridized carbons (Fsp3) is 0.143. The van der Waals surface area contributed by atoms with E-state index in [4.69, 9.17) is 0 Å². The van der Waals surface area contributed by atoms with Crippen molar-refractivity contribution < 1.29 is 4.39 Å². The number of fused-ring (bicyclic) bond motifs is 1. The van der Waals surface area contributed by atoms with Crippen LogP contribution >= 0.6 is 0 Å². The van der Waals surface area contributed by atoms with Gasteiger partial charge >= 0.3 is 0 Å². The quantitative estimate of drug-likeness (QED) is 0.588. The summed E-state index contributed by atoms with van der Waals surface area (Å²) in [7, 11) is 1.75. The molecule has 4 rings (SSSR count). The Hall–Kier alpha value is -3.79. The molecule has 2 aromatic carbocycles. The van der Waals surface area contributed by atoms with Crippen molar-refractivity contribution in [2.75, 3.05) is 12.4 Å². The van der Waals surface area contributed by atoms with Crippen molar-refractivity contribution in [2.45, 2.75) is 13.5 Å². The van der Waals surface area contributed by atoms with E-state index >= 15 is 0 Å². The van der Waals surface area contributed by atoms with Gasteiger partial charge in [-0.05, 0) is 36.2 Å². The van der Waals surface area contributed by atoms with Crippen LogP contribution < -0.4 is 5.32 Å². The smallest absolute Gasteiger partial charge is 0.225 e. The van der Waals surface area contributed by atoms with Crippen LogP contribution in [0.1, 0.15) is 16.7 Å². The SMILES string of the molecule is CNc1nc(-c2cccc(C#N)c2C)c2cnn(Cc3ccc(F)cc3)c2n1. The van der Waals surface area contributed by atoms with Gasteiger partial charge in [0, 0.05) is 12.6 Å². The van der Waals surface area contributed by atoms with E-state index in [1.807, 2.05) is 19.1 Å². The molecule has 2 heterocycles. The molecule has 6 nitrogen and oxygen atoms in total. The predicted molar refractivity (Wildman–Crippen MR) is 105 cm³/mol. The Morgan fingerprint density at radius 3 is 2.64 bits per heavy atom. The average molecular weight is 372 g/mol. The lowest BCUT2D eigenvalue weighted by atomic mass is 9.99. The van der Waals surface area contributed by atoms with Gasteiger partial charge in [-0.2, -0.15) is 15.3 Å². The summed E-state index contributed by atoms with van der Waals surface area (Å²) in [5.41, 5.74) is 4.63. The largest absolute Gasteiger partial charge is 0.357 e. The third-order valence-corrected chi connectivity index (χ3v) is 4.67. The van der Waals surface area contributed by atoms with Gasteiger partial charge < -0.3 is 5.32 Å². The highest BCUT2D eigenvalue weighted by Gasteiger charge is 2.17. The Kier molecular flexibility index (Phi) is 4.45. The van der Waals surface area contributed by atoms with E-state index in [-0.39, 0.29) is 5.82 Å². The Balaban J connectivity index is 1.88. The number of aromatic nitrogens is 4. The van der Waals surface area contributed by atoms with Crippen LogP contribution in [0.15, 0.2) is 48.7 Å². The number of anilines is 1. The third-order valence-electron chi connectivity index (χ3n) is 4.67. The highest BCUT2D eigenvalue weighted by molar-refractivity contribution is 5.92. The molecule has 0 unspecified atom stereocenters. The van der Waals surface area contributed by atoms with Crippen molar-refractivity contribution in [3.05, 3.63) is 71.2 Å². The number of hydrogen-bond donors (Lipinski definition) is 1. The predicted octanol–water partition coefficient (Wildman–Crippen LogP) is 3.90. The first-order valence-corrected chi connectivity index (χ1v) is 8.76. The normalized spacial score (nSPS) is 10.8. The summed E-state index contributed by atoms with van der Waals surface area (Å²) >= 11 is 0. The van der Waals surface area contributed by atoms with Crippen LogP contribution in [0.2, 0.25) is 0 Å². The van der Waals surface area contributed by atoms with E-state index in [1.54, 1.807) is 36.1 Å². The number of benzene rings is 2. The Labute approximate surface area is 161 Å². The van der Waals surface area contributed by atoms with Crippen molar-refractivity contribution in [3.8, 4) is 17.3 Å². The highest BCUT2D eigenvalue weighted by Crippen LogP contribution is 2.31. The summed E-state index contributed by atoms with van der Waals surface area (Å²) in [5, 5.41) is 17.6. The van der Waals surface area contributed by atoms with Crippen molar-refractivity contribution in [1.82, 2.24) is 19.7 Å². The van der Waals surface area contributed by atoms with Crippen molar-refractivity contribution >= 4 is 17.0 Å². The lowest BCUT2D eigenvalue weighted by Gasteiger charge is -2.10. The molecule has 0 aliphatic carbocycles. The average Bonchev–Trinajstić information content (AvgIpc) is 3.12. The van der Waals surface area contributed by atoms with E-state index in [0.717, 1.165) is 22.1 Å². The Morgan fingerprint density at radius 1 is 1.14 bits per heavy atom. The first kappa shape index (κ1) is 17.6. The molecule has 0 amide bonds. The number of nitrogens with one attached hydrogen (secondary N) is 1. The molecular formula is C21H17FN6. The molecule has 0 saturated heterocycles. The molecule has 1 N–H and O–H groups in total. The summed E-state index contributed by atoms with van der Waals surface area (Å²) in [6.45, 7) is 2.37. The highest BCUT2D eigenvalue weighted by atomic mass is 19.1. The topological polar surface area (TPSA) is 79.4 Å². The fourth-order valence-electron chi connectivity index (χ4n) is 3.16. The minimum absolute atomic E-state index is 0.274. The van der Waals surface area contributed by atoms with Gasteiger partial charge in [0.15, 0.2) is 5.65 Å². The minimum atomic E-state index is -0.274. The first-order chi connectivity index (χ1) is 13.6. The summed E-state index contributed by atoms with van der Waals surface area (Å²) in [4.78, 5) is 9.19. The van der Waals surface area contributed by atoms with Crippen molar-refractivity contribution in [1.29, 1.82) is 5.26 Å². The second-order valence-electron chi connectivity index (χ2n) is 6.40. The maximum atomic E-state index is 13.2. The molecule has 4 aromatic rings. The van der Waals surface area contributed by atoms with Crippen LogP contribution in [0.3, 0.4) is 0 Å². The van der Waals surface area contributed by atoms with Gasteiger partial charge in [-0.3, -0.25) is 0 Å². The van der Waals surface area contributed by atoms with Crippen LogP contribution in [-0.2, 0) is 6.54 Å². The van der Waals surface area contributed by atoms with Crippen molar-refractivity contribution in [2.24, 2.45) is 0 Å². The van der Waals surface area contributed by atoms with Crippen molar-refractivity contribution in [3.63, 3.8) is 0 Å². The second kappa shape index (κ2) is 7.08. The van der Waals surface area contributed by atoms with Gasteiger partial charge in [0.25, 0.3) is 0 Å². The molecule has 0 atom stereocenters. The standard InChI is InChI=1S/C21H17FN6/c1-13-15(10-23)4-3-5-17(13)19-18-11-25-28(20(18)27-21(24-2)26-19)12-14-6-8-16(22)9-7-14/h3-9,11H,12H2,1-2H3,(H,24,26,27). The zero-order valence-corrected chi connectivity index (χ0v) is 15.4. The lowest BCUT2D eigenvalue weighted by molar-refractivity contribution is 0.625. The van der Waals surface area contributed by atoms with Crippen LogP contribution in [0.5, 0.6) is 0 Å². The van der Waals surface area contributed by atoms with Gasteiger partial charge in [-0.1, -0.05) is 24.3 Å². The maximum absolute atomic E-state index is 13.2. The molecule has 0 aliphatic heterocycles. The zero-order valence-electron chi connectivity index (χ0n) is 15.4. The molecule has 0 saturated carbocycles. The van der Waals surface area contributed by atoms with Crippen LogP contribution in [0, 0.1) is 24.1 Å². The van der Waals surface area contributed by atoms with Gasteiger partial charge in [0.1, 0.15) is 5.82 Å². The monoisotopic (exact) mass is 372 g/mol. The number of hydrogen-bond acceptors (Lipinski definition) is 5. The van der Waals surface area contributed by atoms with Gasteiger partial charge in [0.2, 0.25) is 5.95 Å². The van der Waals surface area contributed by atoms with Crippen LogP contribution in [0.4, 0.5) is 10.3 Å². The molecule has 0 spiro atoms. The Bertz CT molecular complexity index is 1200. The molecule has 0 fully saturated rings. The summed E-state index contributed by atoms with van der Waals surface area (Å²) < 4.78 is 14.9. The van der Waals surface area contributed by atoms with Gasteiger partial charge in [-0.25, -0.2) is 14.1 Å². The van der Waals surface area contributed by atoms with E-state index in [2.05, 4.69) is 26.5 Å². The molecule has 138 valence electrons.